The number of hydrogen-bond donors (Lipinski definition) is 2. The van der Waals surface area contributed by atoms with Crippen molar-refractivity contribution < 1.29 is 23.6 Å². The van der Waals surface area contributed by atoms with Crippen LogP contribution in [0.15, 0.2) is 24.3 Å². The van der Waals surface area contributed by atoms with Crippen LogP contribution in [0.2, 0.25) is 0 Å². The van der Waals surface area contributed by atoms with E-state index in [1.807, 2.05) is 20.8 Å². The van der Waals surface area contributed by atoms with Gasteiger partial charge in [0.05, 0.1) is 6.04 Å². The van der Waals surface area contributed by atoms with Gasteiger partial charge in [0.1, 0.15) is 24.2 Å². The zero-order valence-electron chi connectivity index (χ0n) is 25.9. The molecule has 6 fully saturated rings. The van der Waals surface area contributed by atoms with Crippen LogP contribution in [0.3, 0.4) is 0 Å². The molecule has 1 heterocycles. The van der Waals surface area contributed by atoms with E-state index in [2.05, 4.69) is 10.6 Å². The molecule has 5 atom stereocenters. The van der Waals surface area contributed by atoms with Gasteiger partial charge in [0.2, 0.25) is 17.7 Å². The normalized spacial score (nSPS) is 34.0. The van der Waals surface area contributed by atoms with E-state index < -0.39 is 23.5 Å². The second kappa shape index (κ2) is 11.6. The van der Waals surface area contributed by atoms with E-state index in [0.717, 1.165) is 61.8 Å². The predicted molar refractivity (Wildman–Crippen MR) is 161 cm³/mol. The van der Waals surface area contributed by atoms with Gasteiger partial charge in [0.15, 0.2) is 0 Å². The second-order valence-corrected chi connectivity index (χ2v) is 15.8. The lowest BCUT2D eigenvalue weighted by molar-refractivity contribution is -0.146. The van der Waals surface area contributed by atoms with Crippen molar-refractivity contribution in [2.45, 2.75) is 110 Å². The first-order valence-corrected chi connectivity index (χ1v) is 16.5. The van der Waals surface area contributed by atoms with Crippen LogP contribution >= 0.6 is 0 Å². The molecule has 2 N–H and O–H groups in total. The summed E-state index contributed by atoms with van der Waals surface area (Å²) in [5, 5.41) is 6.07. The second-order valence-electron chi connectivity index (χ2n) is 15.8. The molecule has 43 heavy (non-hydrogen) atoms. The number of amides is 3. The maximum absolute atomic E-state index is 14.3. The number of nitrogens with one attached hydrogen (secondary N) is 2. The van der Waals surface area contributed by atoms with E-state index >= 15 is 0 Å². The van der Waals surface area contributed by atoms with Crippen LogP contribution in [0.25, 0.3) is 0 Å². The monoisotopic (exact) mass is 593 g/mol. The Bertz CT molecular complexity index is 1210. The van der Waals surface area contributed by atoms with Crippen molar-refractivity contribution in [1.29, 1.82) is 0 Å². The van der Waals surface area contributed by atoms with Crippen LogP contribution in [0.5, 0.6) is 0 Å². The molecule has 0 unspecified atom stereocenters. The summed E-state index contributed by atoms with van der Waals surface area (Å²) in [6.07, 6.45) is 11.6. The summed E-state index contributed by atoms with van der Waals surface area (Å²) in [5.41, 5.74) is 0.276. The van der Waals surface area contributed by atoms with Crippen molar-refractivity contribution >= 4 is 24.0 Å². The van der Waals surface area contributed by atoms with Crippen LogP contribution in [-0.4, -0.2) is 53.6 Å². The molecular weight excluding hydrogens is 545 g/mol. The molecule has 234 valence electrons. The maximum atomic E-state index is 14.3. The molecule has 0 aromatic heterocycles. The number of aldehydes is 1. The first kappa shape index (κ1) is 30.3. The number of halogens is 1. The van der Waals surface area contributed by atoms with Crippen molar-refractivity contribution in [3.05, 3.63) is 35.6 Å². The summed E-state index contributed by atoms with van der Waals surface area (Å²) in [7, 11) is 0. The van der Waals surface area contributed by atoms with Gasteiger partial charge in [-0.15, -0.1) is 0 Å². The summed E-state index contributed by atoms with van der Waals surface area (Å²) < 4.78 is 13.4. The Morgan fingerprint density at radius 2 is 1.63 bits per heavy atom. The molecule has 6 aliphatic rings. The average Bonchev–Trinajstić information content (AvgIpc) is 3.52. The molecule has 0 spiro atoms. The number of likely N-dealkylation sites (tertiary alicyclic amines) is 1. The third kappa shape index (κ3) is 6.26. The van der Waals surface area contributed by atoms with Gasteiger partial charge < -0.3 is 20.3 Å². The molecule has 4 bridgehead atoms. The summed E-state index contributed by atoms with van der Waals surface area (Å²) in [6, 6.07) is 3.68. The van der Waals surface area contributed by atoms with Crippen molar-refractivity contribution in [1.82, 2.24) is 15.5 Å². The molecule has 0 radical (unpaired) electrons. The lowest BCUT2D eigenvalue weighted by atomic mass is 9.49. The molecule has 1 aromatic rings. The highest BCUT2D eigenvalue weighted by molar-refractivity contribution is 5.94. The minimum atomic E-state index is -0.784. The van der Waals surface area contributed by atoms with E-state index in [-0.39, 0.29) is 47.2 Å². The molecule has 5 saturated carbocycles. The fraction of sp³-hybridized carbons (Fsp3) is 0.714. The minimum Gasteiger partial charge on any atom is -0.344 e. The highest BCUT2D eigenvalue weighted by atomic mass is 19.1. The van der Waals surface area contributed by atoms with Gasteiger partial charge in [-0.2, -0.15) is 0 Å². The zero-order valence-corrected chi connectivity index (χ0v) is 25.9. The molecule has 8 heteroatoms. The standard InChI is InChI=1S/C35H48FN3O4/c1-34(2,3)31(38-29(41)18-35-15-22-11-23(16-35)13-24(12-22)17-35)33(43)39-19-25-5-4-6-28(25)30(39)32(42)37-27(20-40)14-21-7-9-26(36)10-8-21/h7-10,20,22-25,27-28,30-31H,4-6,11-19H2,1-3H3,(H,37,42)(H,38,41)/t22?,23?,24?,25-,27-,28-,30-,31+,35?/m0/s1. The van der Waals surface area contributed by atoms with Crippen molar-refractivity contribution in [3.8, 4) is 0 Å². The van der Waals surface area contributed by atoms with Gasteiger partial charge in [0.25, 0.3) is 0 Å². The Morgan fingerprint density at radius 1 is 1.00 bits per heavy atom. The summed E-state index contributed by atoms with van der Waals surface area (Å²) in [5.74, 6) is 1.58. The number of fused-ring (bicyclic) bond motifs is 1. The SMILES string of the molecule is CC(C)(C)[C@H](NC(=O)CC12CC3CC(CC(C3)C1)C2)C(=O)N1C[C@@H]2CCC[C@@H]2[C@H]1C(=O)N[C@H](C=O)Cc1ccc(F)cc1. The van der Waals surface area contributed by atoms with Gasteiger partial charge in [-0.25, -0.2) is 4.39 Å². The minimum absolute atomic E-state index is 0.0328. The Kier molecular flexibility index (Phi) is 8.18. The Labute approximate surface area is 255 Å². The third-order valence-corrected chi connectivity index (χ3v) is 11.4. The fourth-order valence-electron chi connectivity index (χ4n) is 10.0. The van der Waals surface area contributed by atoms with Crippen LogP contribution < -0.4 is 10.6 Å². The summed E-state index contributed by atoms with van der Waals surface area (Å²) in [4.78, 5) is 55.5. The van der Waals surface area contributed by atoms with E-state index in [9.17, 15) is 23.6 Å². The van der Waals surface area contributed by atoms with Crippen LogP contribution in [0.1, 0.15) is 90.5 Å². The lowest BCUT2D eigenvalue weighted by Crippen LogP contribution is -2.59. The number of carbonyl (C=O) groups excluding carboxylic acids is 4. The van der Waals surface area contributed by atoms with Gasteiger partial charge in [-0.3, -0.25) is 14.4 Å². The van der Waals surface area contributed by atoms with E-state index in [0.29, 0.717) is 19.3 Å². The van der Waals surface area contributed by atoms with Gasteiger partial charge in [-0.1, -0.05) is 39.3 Å². The Morgan fingerprint density at radius 3 is 2.21 bits per heavy atom. The smallest absolute Gasteiger partial charge is 0.246 e. The van der Waals surface area contributed by atoms with Crippen molar-refractivity contribution in [3.63, 3.8) is 0 Å². The van der Waals surface area contributed by atoms with Gasteiger partial charge in [0, 0.05) is 13.0 Å². The van der Waals surface area contributed by atoms with E-state index in [4.69, 9.17) is 0 Å². The molecule has 7 nitrogen and oxygen atoms in total. The predicted octanol–water partition coefficient (Wildman–Crippen LogP) is 4.82. The van der Waals surface area contributed by atoms with Crippen LogP contribution in [0.4, 0.5) is 4.39 Å². The largest absolute Gasteiger partial charge is 0.344 e. The molecule has 1 aliphatic heterocycles. The number of nitrogens with zero attached hydrogens (tertiary/aromatic N) is 1. The topological polar surface area (TPSA) is 95.6 Å². The molecule has 1 aromatic carbocycles. The number of carbonyl (C=O) groups is 4. The van der Waals surface area contributed by atoms with Gasteiger partial charge >= 0.3 is 0 Å². The third-order valence-electron chi connectivity index (χ3n) is 11.4. The van der Waals surface area contributed by atoms with Crippen LogP contribution in [0, 0.1) is 46.2 Å². The summed E-state index contributed by atoms with van der Waals surface area (Å²) >= 11 is 0. The molecule has 1 saturated heterocycles. The van der Waals surface area contributed by atoms with Crippen LogP contribution in [-0.2, 0) is 25.6 Å². The van der Waals surface area contributed by atoms with E-state index in [1.165, 1.54) is 31.4 Å². The average molecular weight is 594 g/mol. The Hall–Kier alpha value is -2.77. The maximum Gasteiger partial charge on any atom is 0.246 e. The summed E-state index contributed by atoms with van der Waals surface area (Å²) in [6.45, 7) is 6.40. The van der Waals surface area contributed by atoms with Crippen molar-refractivity contribution in [2.24, 2.45) is 40.4 Å². The first-order valence-electron chi connectivity index (χ1n) is 16.5. The lowest BCUT2D eigenvalue weighted by Gasteiger charge is -2.56. The number of benzene rings is 1. The molecule has 3 amide bonds. The number of hydrogen-bond acceptors (Lipinski definition) is 4. The van der Waals surface area contributed by atoms with Gasteiger partial charge in [-0.05, 0) is 116 Å². The van der Waals surface area contributed by atoms with E-state index in [1.54, 1.807) is 17.0 Å². The first-order chi connectivity index (χ1) is 20.4. The highest BCUT2D eigenvalue weighted by Crippen LogP contribution is 2.61. The number of rotatable bonds is 9. The Balaban J connectivity index is 1.16. The fourth-order valence-corrected chi connectivity index (χ4v) is 10.0. The highest BCUT2D eigenvalue weighted by Gasteiger charge is 2.54. The molecule has 7 rings (SSSR count). The zero-order chi connectivity index (χ0) is 30.5. The quantitative estimate of drug-likeness (QED) is 0.402. The molecule has 5 aliphatic carbocycles. The molecular formula is C35H48FN3O4. The van der Waals surface area contributed by atoms with Crippen molar-refractivity contribution in [2.75, 3.05) is 6.54 Å².